The van der Waals surface area contributed by atoms with Crippen LogP contribution in [-0.2, 0) is 0 Å². The fraction of sp³-hybridized carbons (Fsp3) is 0.923. The van der Waals surface area contributed by atoms with E-state index in [-0.39, 0.29) is 0 Å². The van der Waals surface area contributed by atoms with Gasteiger partial charge < -0.3 is 4.90 Å². The highest BCUT2D eigenvalue weighted by atomic mass is 15.3. The van der Waals surface area contributed by atoms with Gasteiger partial charge in [-0.25, -0.2) is 0 Å². The van der Waals surface area contributed by atoms with E-state index in [1.807, 2.05) is 0 Å². The van der Waals surface area contributed by atoms with Crippen LogP contribution in [0.15, 0.2) is 0 Å². The SMILES string of the molecule is CN1CCN(CCN2CCN(CC#N)CC2)CC1. The highest BCUT2D eigenvalue weighted by Crippen LogP contribution is 2.03. The Morgan fingerprint density at radius 2 is 1.22 bits per heavy atom. The van der Waals surface area contributed by atoms with Crippen molar-refractivity contribution >= 4 is 0 Å². The van der Waals surface area contributed by atoms with E-state index in [9.17, 15) is 0 Å². The molecule has 18 heavy (non-hydrogen) atoms. The Labute approximate surface area is 111 Å². The highest BCUT2D eigenvalue weighted by molar-refractivity contribution is 4.81. The van der Waals surface area contributed by atoms with Crippen LogP contribution in [-0.4, -0.2) is 98.6 Å². The maximum atomic E-state index is 8.66. The maximum absolute atomic E-state index is 8.66. The molecule has 0 N–H and O–H groups in total. The maximum Gasteiger partial charge on any atom is 0.0866 e. The molecule has 0 aliphatic carbocycles. The van der Waals surface area contributed by atoms with Crippen molar-refractivity contribution in [1.82, 2.24) is 19.6 Å². The number of nitrogens with zero attached hydrogens (tertiary/aromatic N) is 5. The Hall–Kier alpha value is -0.670. The van der Waals surface area contributed by atoms with E-state index in [4.69, 9.17) is 5.26 Å². The zero-order valence-corrected chi connectivity index (χ0v) is 11.5. The van der Waals surface area contributed by atoms with Crippen molar-refractivity contribution in [3.05, 3.63) is 0 Å². The molecule has 2 rings (SSSR count). The van der Waals surface area contributed by atoms with Crippen molar-refractivity contribution in [3.8, 4) is 6.07 Å². The second-order valence-corrected chi connectivity index (χ2v) is 5.42. The quantitative estimate of drug-likeness (QED) is 0.622. The molecule has 102 valence electrons. The van der Waals surface area contributed by atoms with Gasteiger partial charge in [-0.2, -0.15) is 5.26 Å². The minimum Gasteiger partial charge on any atom is -0.304 e. The summed E-state index contributed by atoms with van der Waals surface area (Å²) in [7, 11) is 2.20. The summed E-state index contributed by atoms with van der Waals surface area (Å²) >= 11 is 0. The molecule has 0 aromatic heterocycles. The second kappa shape index (κ2) is 7.05. The largest absolute Gasteiger partial charge is 0.304 e. The zero-order chi connectivity index (χ0) is 12.8. The summed E-state index contributed by atoms with van der Waals surface area (Å²) < 4.78 is 0. The lowest BCUT2D eigenvalue weighted by molar-refractivity contribution is 0.107. The van der Waals surface area contributed by atoms with Gasteiger partial charge in [-0.15, -0.1) is 0 Å². The van der Waals surface area contributed by atoms with E-state index >= 15 is 0 Å². The molecule has 2 aliphatic rings. The summed E-state index contributed by atoms with van der Waals surface area (Å²) in [6, 6.07) is 2.23. The van der Waals surface area contributed by atoms with Crippen LogP contribution in [0, 0.1) is 11.3 Å². The third-order valence-corrected chi connectivity index (χ3v) is 4.09. The van der Waals surface area contributed by atoms with Crippen LogP contribution < -0.4 is 0 Å². The van der Waals surface area contributed by atoms with Crippen molar-refractivity contribution in [2.24, 2.45) is 0 Å². The van der Waals surface area contributed by atoms with Crippen LogP contribution >= 0.6 is 0 Å². The molecule has 0 radical (unpaired) electrons. The molecule has 0 amide bonds. The monoisotopic (exact) mass is 251 g/mol. The van der Waals surface area contributed by atoms with E-state index in [1.54, 1.807) is 0 Å². The van der Waals surface area contributed by atoms with E-state index in [2.05, 4.69) is 32.7 Å². The van der Waals surface area contributed by atoms with Crippen molar-refractivity contribution in [2.75, 3.05) is 79.0 Å². The Morgan fingerprint density at radius 3 is 1.72 bits per heavy atom. The van der Waals surface area contributed by atoms with Gasteiger partial charge in [-0.3, -0.25) is 14.7 Å². The van der Waals surface area contributed by atoms with Crippen LogP contribution in [0.2, 0.25) is 0 Å². The molecule has 2 aliphatic heterocycles. The van der Waals surface area contributed by atoms with E-state index in [1.165, 1.54) is 39.3 Å². The van der Waals surface area contributed by atoms with Crippen molar-refractivity contribution < 1.29 is 0 Å². The molecular formula is C13H25N5. The molecule has 0 aromatic carbocycles. The predicted molar refractivity (Wildman–Crippen MR) is 72.4 cm³/mol. The first-order chi connectivity index (χ1) is 8.78. The van der Waals surface area contributed by atoms with Gasteiger partial charge in [0, 0.05) is 65.4 Å². The molecule has 0 saturated carbocycles. The number of piperazine rings is 2. The van der Waals surface area contributed by atoms with Gasteiger partial charge in [0.05, 0.1) is 12.6 Å². The molecule has 0 spiro atoms. The van der Waals surface area contributed by atoms with Crippen LogP contribution in [0.5, 0.6) is 0 Å². The fourth-order valence-corrected chi connectivity index (χ4v) is 2.63. The number of nitriles is 1. The molecule has 0 aromatic rings. The van der Waals surface area contributed by atoms with Crippen LogP contribution in [0.1, 0.15) is 0 Å². The van der Waals surface area contributed by atoms with Crippen molar-refractivity contribution in [2.45, 2.75) is 0 Å². The smallest absolute Gasteiger partial charge is 0.0866 e. The number of hydrogen-bond acceptors (Lipinski definition) is 5. The first-order valence-corrected chi connectivity index (χ1v) is 7.00. The molecule has 2 saturated heterocycles. The molecule has 0 unspecified atom stereocenters. The molecule has 5 nitrogen and oxygen atoms in total. The molecule has 5 heteroatoms. The van der Waals surface area contributed by atoms with Gasteiger partial charge >= 0.3 is 0 Å². The third kappa shape index (κ3) is 4.21. The zero-order valence-electron chi connectivity index (χ0n) is 11.5. The van der Waals surface area contributed by atoms with Crippen LogP contribution in [0.3, 0.4) is 0 Å². The van der Waals surface area contributed by atoms with Gasteiger partial charge in [-0.1, -0.05) is 0 Å². The lowest BCUT2D eigenvalue weighted by atomic mass is 10.3. The first-order valence-electron chi connectivity index (χ1n) is 7.00. The van der Waals surface area contributed by atoms with Gasteiger partial charge in [-0.05, 0) is 7.05 Å². The van der Waals surface area contributed by atoms with Crippen LogP contribution in [0.25, 0.3) is 0 Å². The van der Waals surface area contributed by atoms with E-state index < -0.39 is 0 Å². The van der Waals surface area contributed by atoms with Crippen molar-refractivity contribution in [3.63, 3.8) is 0 Å². The summed E-state index contributed by atoms with van der Waals surface area (Å²) in [5.41, 5.74) is 0. The third-order valence-electron chi connectivity index (χ3n) is 4.09. The summed E-state index contributed by atoms with van der Waals surface area (Å²) in [5, 5.41) is 8.66. The Balaban J connectivity index is 1.59. The number of likely N-dealkylation sites (N-methyl/N-ethyl adjacent to an activating group) is 1. The van der Waals surface area contributed by atoms with Gasteiger partial charge in [0.1, 0.15) is 0 Å². The lowest BCUT2D eigenvalue weighted by Crippen LogP contribution is -2.50. The number of hydrogen-bond donors (Lipinski definition) is 0. The molecule has 2 heterocycles. The van der Waals surface area contributed by atoms with Gasteiger partial charge in [0.2, 0.25) is 0 Å². The van der Waals surface area contributed by atoms with E-state index in [0.29, 0.717) is 6.54 Å². The van der Waals surface area contributed by atoms with E-state index in [0.717, 1.165) is 26.2 Å². The van der Waals surface area contributed by atoms with Gasteiger partial charge in [0.15, 0.2) is 0 Å². The highest BCUT2D eigenvalue weighted by Gasteiger charge is 2.18. The molecular weight excluding hydrogens is 226 g/mol. The Morgan fingerprint density at radius 1 is 0.778 bits per heavy atom. The second-order valence-electron chi connectivity index (χ2n) is 5.42. The average molecular weight is 251 g/mol. The topological polar surface area (TPSA) is 36.8 Å². The van der Waals surface area contributed by atoms with Crippen LogP contribution in [0.4, 0.5) is 0 Å². The fourth-order valence-electron chi connectivity index (χ4n) is 2.63. The summed E-state index contributed by atoms with van der Waals surface area (Å²) in [6.45, 7) is 12.2. The molecule has 0 atom stereocenters. The molecule has 2 fully saturated rings. The van der Waals surface area contributed by atoms with Gasteiger partial charge in [0.25, 0.3) is 0 Å². The number of rotatable bonds is 4. The predicted octanol–water partition coefficient (Wildman–Crippen LogP) is -0.625. The summed E-state index contributed by atoms with van der Waals surface area (Å²) in [5.74, 6) is 0. The Bertz CT molecular complexity index is 272. The Kier molecular flexibility index (Phi) is 5.39. The molecule has 0 bridgehead atoms. The van der Waals surface area contributed by atoms with Crippen molar-refractivity contribution in [1.29, 1.82) is 5.26 Å². The summed E-state index contributed by atoms with van der Waals surface area (Å²) in [4.78, 5) is 9.75. The minimum atomic E-state index is 0.590. The normalized spacial score (nSPS) is 25.1. The summed E-state index contributed by atoms with van der Waals surface area (Å²) in [6.07, 6.45) is 0. The minimum absolute atomic E-state index is 0.590. The first kappa shape index (κ1) is 13.8. The standard InChI is InChI=1S/C13H25N5/c1-15-4-6-17(7-5-15)12-13-18-10-8-16(3-2-14)9-11-18/h3-13H2,1H3. The average Bonchev–Trinajstić information content (AvgIpc) is 2.40. The lowest BCUT2D eigenvalue weighted by Gasteiger charge is -2.36.